The van der Waals surface area contributed by atoms with Crippen molar-refractivity contribution >= 4 is 36.6 Å². The standard InChI is InChI=1S/C32H40N4O5.2ClH/c1-3-29(35-15-19-39-20-16-35)33-31(37)25-9-5-23(6-10-25)27-13-14-28(41-27)24-7-11-26(12-8-24)32(38)34-30(4-2)36-17-21-40-22-18-36;;/h5-14,29-30H,3-4,15-22H2,1-2H3,(H,33,37)(H,34,38);2*1H. The van der Waals surface area contributed by atoms with E-state index in [1.54, 1.807) is 0 Å². The second kappa shape index (κ2) is 16.8. The highest BCUT2D eigenvalue weighted by molar-refractivity contribution is 5.95. The molecule has 3 heterocycles. The van der Waals surface area contributed by atoms with Gasteiger partial charge in [0.1, 0.15) is 11.5 Å². The van der Waals surface area contributed by atoms with E-state index in [1.807, 2.05) is 60.7 Å². The molecule has 3 aromatic rings. The van der Waals surface area contributed by atoms with Crippen LogP contribution in [0.25, 0.3) is 22.6 Å². The number of amides is 2. The van der Waals surface area contributed by atoms with Crippen LogP contribution in [-0.4, -0.2) is 86.6 Å². The average Bonchev–Trinajstić information content (AvgIpc) is 3.54. The van der Waals surface area contributed by atoms with Crippen molar-refractivity contribution in [3.05, 3.63) is 71.8 Å². The minimum Gasteiger partial charge on any atom is -0.456 e. The summed E-state index contributed by atoms with van der Waals surface area (Å²) < 4.78 is 17.0. The number of ether oxygens (including phenoxy) is 2. The van der Waals surface area contributed by atoms with Crippen molar-refractivity contribution in [2.45, 2.75) is 39.0 Å². The van der Waals surface area contributed by atoms with Crippen molar-refractivity contribution in [2.75, 3.05) is 52.6 Å². The van der Waals surface area contributed by atoms with E-state index in [2.05, 4.69) is 34.3 Å². The van der Waals surface area contributed by atoms with Gasteiger partial charge in [0.15, 0.2) is 0 Å². The number of rotatable bonds is 10. The highest BCUT2D eigenvalue weighted by atomic mass is 35.5. The van der Waals surface area contributed by atoms with Gasteiger partial charge in [-0.05, 0) is 49.2 Å². The summed E-state index contributed by atoms with van der Waals surface area (Å²) in [5.74, 6) is 1.25. The largest absolute Gasteiger partial charge is 0.456 e. The zero-order chi connectivity index (χ0) is 28.6. The summed E-state index contributed by atoms with van der Waals surface area (Å²) in [7, 11) is 0. The highest BCUT2D eigenvalue weighted by Gasteiger charge is 2.23. The first-order valence-electron chi connectivity index (χ1n) is 14.6. The van der Waals surface area contributed by atoms with Crippen molar-refractivity contribution in [1.82, 2.24) is 20.4 Å². The summed E-state index contributed by atoms with van der Waals surface area (Å²) in [5.41, 5.74) is 3.00. The molecule has 0 spiro atoms. The first kappa shape index (κ1) is 34.6. The number of halogens is 2. The Morgan fingerprint density at radius 1 is 0.628 bits per heavy atom. The first-order valence-corrected chi connectivity index (χ1v) is 14.6. The van der Waals surface area contributed by atoms with Crippen LogP contribution in [0.4, 0.5) is 0 Å². The van der Waals surface area contributed by atoms with Gasteiger partial charge in [0, 0.05) is 48.4 Å². The van der Waals surface area contributed by atoms with E-state index >= 15 is 0 Å². The van der Waals surface area contributed by atoms with Crippen LogP contribution in [0.15, 0.2) is 65.1 Å². The monoisotopic (exact) mass is 632 g/mol. The number of nitrogens with one attached hydrogen (secondary N) is 2. The Morgan fingerprint density at radius 3 is 1.30 bits per heavy atom. The van der Waals surface area contributed by atoms with Gasteiger partial charge < -0.3 is 24.5 Å². The molecule has 43 heavy (non-hydrogen) atoms. The predicted molar refractivity (Wildman–Crippen MR) is 172 cm³/mol. The van der Waals surface area contributed by atoms with Crippen LogP contribution in [0, 0.1) is 0 Å². The molecule has 2 aliphatic rings. The molecule has 0 radical (unpaired) electrons. The molecular weight excluding hydrogens is 591 g/mol. The van der Waals surface area contributed by atoms with Crippen LogP contribution in [0.2, 0.25) is 0 Å². The summed E-state index contributed by atoms with van der Waals surface area (Å²) in [4.78, 5) is 30.3. The van der Waals surface area contributed by atoms with E-state index in [9.17, 15) is 9.59 Å². The number of hydrogen-bond acceptors (Lipinski definition) is 7. The average molecular weight is 634 g/mol. The van der Waals surface area contributed by atoms with Crippen LogP contribution in [-0.2, 0) is 9.47 Å². The number of nitrogens with zero attached hydrogens (tertiary/aromatic N) is 2. The lowest BCUT2D eigenvalue weighted by atomic mass is 10.1. The molecule has 9 nitrogen and oxygen atoms in total. The summed E-state index contributed by atoms with van der Waals surface area (Å²) in [5, 5.41) is 6.30. The van der Waals surface area contributed by atoms with E-state index < -0.39 is 0 Å². The molecule has 2 atom stereocenters. The molecule has 11 heteroatoms. The third-order valence-corrected chi connectivity index (χ3v) is 7.81. The van der Waals surface area contributed by atoms with Crippen LogP contribution >= 0.6 is 24.8 Å². The smallest absolute Gasteiger partial charge is 0.252 e. The van der Waals surface area contributed by atoms with Crippen LogP contribution < -0.4 is 10.6 Å². The molecule has 5 rings (SSSR count). The molecule has 234 valence electrons. The summed E-state index contributed by atoms with van der Waals surface area (Å²) in [6.07, 6.45) is 1.65. The lowest BCUT2D eigenvalue weighted by Crippen LogP contribution is -2.52. The fourth-order valence-corrected chi connectivity index (χ4v) is 5.37. The number of carbonyl (C=O) groups is 2. The number of furan rings is 1. The maximum atomic E-state index is 12.9. The lowest BCUT2D eigenvalue weighted by molar-refractivity contribution is 0.00827. The van der Waals surface area contributed by atoms with Crippen molar-refractivity contribution < 1.29 is 23.5 Å². The molecule has 2 amide bonds. The van der Waals surface area contributed by atoms with Crippen molar-refractivity contribution in [1.29, 1.82) is 0 Å². The number of hydrogen-bond donors (Lipinski definition) is 2. The Kier molecular flexibility index (Phi) is 13.5. The fraction of sp³-hybridized carbons (Fsp3) is 0.438. The number of benzene rings is 2. The van der Waals surface area contributed by atoms with E-state index in [-0.39, 0.29) is 49.0 Å². The summed E-state index contributed by atoms with van der Waals surface area (Å²) in [6.45, 7) is 10.2. The van der Waals surface area contributed by atoms with Gasteiger partial charge in [-0.25, -0.2) is 0 Å². The van der Waals surface area contributed by atoms with E-state index in [0.717, 1.165) is 50.1 Å². The third-order valence-electron chi connectivity index (χ3n) is 7.81. The second-order valence-electron chi connectivity index (χ2n) is 10.4. The van der Waals surface area contributed by atoms with Crippen LogP contribution in [0.1, 0.15) is 47.4 Å². The van der Waals surface area contributed by atoms with Gasteiger partial charge in [-0.1, -0.05) is 38.1 Å². The topological polar surface area (TPSA) is 96.3 Å². The van der Waals surface area contributed by atoms with Gasteiger partial charge in [0.2, 0.25) is 0 Å². The van der Waals surface area contributed by atoms with Crippen molar-refractivity contribution in [3.8, 4) is 22.6 Å². The Hall–Kier alpha value is -2.92. The summed E-state index contributed by atoms with van der Waals surface area (Å²) >= 11 is 0. The Morgan fingerprint density at radius 2 is 0.977 bits per heavy atom. The molecule has 2 N–H and O–H groups in total. The SMILES string of the molecule is CCC(NC(=O)c1ccc(-c2ccc(-c3ccc(C(=O)NC(CC)N4CCOCC4)cc3)o2)cc1)N1CCOCC1.Cl.Cl. The van der Waals surface area contributed by atoms with Gasteiger partial charge in [-0.2, -0.15) is 0 Å². The third kappa shape index (κ3) is 8.81. The molecule has 1 aromatic heterocycles. The second-order valence-corrected chi connectivity index (χ2v) is 10.4. The molecular formula is C32H42Cl2N4O5. The van der Waals surface area contributed by atoms with Gasteiger partial charge >= 0.3 is 0 Å². The van der Waals surface area contributed by atoms with Crippen LogP contribution in [0.3, 0.4) is 0 Å². The molecule has 2 aromatic carbocycles. The molecule has 2 saturated heterocycles. The highest BCUT2D eigenvalue weighted by Crippen LogP contribution is 2.29. The molecule has 0 bridgehead atoms. The minimum atomic E-state index is -0.0886. The van der Waals surface area contributed by atoms with Gasteiger partial charge in [-0.15, -0.1) is 24.8 Å². The summed E-state index contributed by atoms with van der Waals surface area (Å²) in [6, 6.07) is 18.8. The molecule has 2 unspecified atom stereocenters. The predicted octanol–water partition coefficient (Wildman–Crippen LogP) is 5.05. The van der Waals surface area contributed by atoms with E-state index in [0.29, 0.717) is 49.1 Å². The van der Waals surface area contributed by atoms with Gasteiger partial charge in [-0.3, -0.25) is 19.4 Å². The fourth-order valence-electron chi connectivity index (χ4n) is 5.37. The van der Waals surface area contributed by atoms with Gasteiger partial charge in [0.05, 0.1) is 38.8 Å². The quantitative estimate of drug-likeness (QED) is 0.323. The van der Waals surface area contributed by atoms with E-state index in [1.165, 1.54) is 0 Å². The molecule has 0 aliphatic carbocycles. The maximum absolute atomic E-state index is 12.9. The minimum absolute atomic E-state index is 0. The number of morpholine rings is 2. The molecule has 2 fully saturated rings. The normalized spacial score (nSPS) is 17.2. The van der Waals surface area contributed by atoms with Crippen LogP contribution in [0.5, 0.6) is 0 Å². The number of carbonyl (C=O) groups excluding carboxylic acids is 2. The van der Waals surface area contributed by atoms with Gasteiger partial charge in [0.25, 0.3) is 11.8 Å². The van der Waals surface area contributed by atoms with Crippen molar-refractivity contribution in [3.63, 3.8) is 0 Å². The Labute approximate surface area is 266 Å². The lowest BCUT2D eigenvalue weighted by Gasteiger charge is -2.34. The first-order chi connectivity index (χ1) is 20.1. The Balaban J connectivity index is 0.00000253. The van der Waals surface area contributed by atoms with E-state index in [4.69, 9.17) is 13.9 Å². The zero-order valence-electron chi connectivity index (χ0n) is 24.8. The molecule has 0 saturated carbocycles. The van der Waals surface area contributed by atoms with Crippen molar-refractivity contribution in [2.24, 2.45) is 0 Å². The zero-order valence-corrected chi connectivity index (χ0v) is 26.4. The Bertz CT molecular complexity index is 1190. The maximum Gasteiger partial charge on any atom is 0.252 e. The molecule has 2 aliphatic heterocycles.